The predicted molar refractivity (Wildman–Crippen MR) is 95.6 cm³/mol. The maximum atomic E-state index is 10.4. The molecule has 136 valence electrons. The van der Waals surface area contributed by atoms with Crippen molar-refractivity contribution in [3.63, 3.8) is 0 Å². The molecule has 5 nitrogen and oxygen atoms in total. The van der Waals surface area contributed by atoms with E-state index in [0.717, 1.165) is 43.1 Å². The Labute approximate surface area is 149 Å². The van der Waals surface area contributed by atoms with Crippen LogP contribution in [0, 0.1) is 6.92 Å². The maximum Gasteiger partial charge on any atom is 0.122 e. The van der Waals surface area contributed by atoms with Crippen LogP contribution in [0.5, 0.6) is 5.75 Å². The summed E-state index contributed by atoms with van der Waals surface area (Å²) in [6.07, 6.45) is 3.52. The Morgan fingerprint density at radius 2 is 2.16 bits per heavy atom. The SMILES string of the molecule is Cc1ccccc1OCC(O)CN(Cc1ccco1)CC1CCCO1. The number of benzene rings is 1. The standard InChI is InChI=1S/C20H27NO4/c1-16-6-2-3-9-20(16)25-15-17(22)12-21(13-18-7-4-10-23-18)14-19-8-5-11-24-19/h2-4,6-7,9-10,17,19,22H,5,8,11-15H2,1H3. The van der Waals surface area contributed by atoms with E-state index in [1.165, 1.54) is 0 Å². The molecule has 1 aromatic heterocycles. The van der Waals surface area contributed by atoms with Crippen LogP contribution in [-0.2, 0) is 11.3 Å². The fraction of sp³-hybridized carbons (Fsp3) is 0.500. The molecule has 3 rings (SSSR count). The first-order valence-electron chi connectivity index (χ1n) is 8.93. The van der Waals surface area contributed by atoms with Gasteiger partial charge in [0, 0.05) is 19.7 Å². The Bertz CT molecular complexity index is 622. The molecule has 0 saturated carbocycles. The van der Waals surface area contributed by atoms with Crippen LogP contribution in [0.2, 0.25) is 0 Å². The number of para-hydroxylation sites is 1. The molecule has 2 aromatic rings. The van der Waals surface area contributed by atoms with Crippen LogP contribution in [0.1, 0.15) is 24.2 Å². The maximum absolute atomic E-state index is 10.4. The highest BCUT2D eigenvalue weighted by Gasteiger charge is 2.22. The second-order valence-corrected chi connectivity index (χ2v) is 6.64. The number of hydrogen-bond donors (Lipinski definition) is 1. The van der Waals surface area contributed by atoms with Crippen LogP contribution in [0.3, 0.4) is 0 Å². The number of aliphatic hydroxyl groups is 1. The molecule has 1 aliphatic rings. The van der Waals surface area contributed by atoms with E-state index in [9.17, 15) is 5.11 Å². The van der Waals surface area contributed by atoms with Gasteiger partial charge in [-0.25, -0.2) is 0 Å². The van der Waals surface area contributed by atoms with Crippen molar-refractivity contribution >= 4 is 0 Å². The Hall–Kier alpha value is -1.82. The lowest BCUT2D eigenvalue weighted by atomic mass is 10.2. The quantitative estimate of drug-likeness (QED) is 0.757. The summed E-state index contributed by atoms with van der Waals surface area (Å²) in [6.45, 7) is 5.08. The van der Waals surface area contributed by atoms with Crippen LogP contribution in [-0.4, -0.2) is 48.5 Å². The van der Waals surface area contributed by atoms with Crippen molar-refractivity contribution in [2.75, 3.05) is 26.3 Å². The summed E-state index contributed by atoms with van der Waals surface area (Å²) < 4.78 is 17.0. The average Bonchev–Trinajstić information content (AvgIpc) is 3.28. The molecular formula is C20H27NO4. The summed E-state index contributed by atoms with van der Waals surface area (Å²) in [6, 6.07) is 11.7. The molecule has 0 radical (unpaired) electrons. The highest BCUT2D eigenvalue weighted by atomic mass is 16.5. The highest BCUT2D eigenvalue weighted by molar-refractivity contribution is 5.31. The lowest BCUT2D eigenvalue weighted by Crippen LogP contribution is -2.39. The smallest absolute Gasteiger partial charge is 0.122 e. The summed E-state index contributed by atoms with van der Waals surface area (Å²) in [5.74, 6) is 1.71. The van der Waals surface area contributed by atoms with Gasteiger partial charge in [-0.05, 0) is 43.5 Å². The van der Waals surface area contributed by atoms with Gasteiger partial charge in [0.15, 0.2) is 0 Å². The number of aliphatic hydroxyl groups excluding tert-OH is 1. The van der Waals surface area contributed by atoms with E-state index in [1.807, 2.05) is 43.3 Å². The van der Waals surface area contributed by atoms with E-state index in [2.05, 4.69) is 4.90 Å². The van der Waals surface area contributed by atoms with Gasteiger partial charge >= 0.3 is 0 Å². The van der Waals surface area contributed by atoms with Gasteiger partial charge in [-0.1, -0.05) is 18.2 Å². The molecule has 1 fully saturated rings. The summed E-state index contributed by atoms with van der Waals surface area (Å²) in [4.78, 5) is 2.18. The van der Waals surface area contributed by atoms with Crippen molar-refractivity contribution in [2.45, 2.75) is 38.5 Å². The third kappa shape index (κ3) is 5.59. The van der Waals surface area contributed by atoms with Gasteiger partial charge in [-0.2, -0.15) is 0 Å². The van der Waals surface area contributed by atoms with Crippen LogP contribution in [0.15, 0.2) is 47.1 Å². The third-order valence-electron chi connectivity index (χ3n) is 4.44. The molecule has 5 heteroatoms. The molecule has 2 heterocycles. The first kappa shape index (κ1) is 18.0. The largest absolute Gasteiger partial charge is 0.491 e. The van der Waals surface area contributed by atoms with E-state index in [4.69, 9.17) is 13.9 Å². The highest BCUT2D eigenvalue weighted by Crippen LogP contribution is 2.18. The number of rotatable bonds is 9. The zero-order chi connectivity index (χ0) is 17.5. The minimum absolute atomic E-state index is 0.236. The monoisotopic (exact) mass is 345 g/mol. The molecule has 0 bridgehead atoms. The van der Waals surface area contributed by atoms with Crippen LogP contribution in [0.4, 0.5) is 0 Å². The Morgan fingerprint density at radius 1 is 1.28 bits per heavy atom. The normalized spacial score (nSPS) is 18.6. The topological polar surface area (TPSA) is 55.1 Å². The molecule has 1 N–H and O–H groups in total. The number of nitrogens with zero attached hydrogens (tertiary/aromatic N) is 1. The number of furan rings is 1. The van der Waals surface area contributed by atoms with E-state index < -0.39 is 6.10 Å². The Kier molecular flexibility index (Phi) is 6.50. The van der Waals surface area contributed by atoms with Gasteiger partial charge in [0.05, 0.1) is 18.9 Å². The van der Waals surface area contributed by atoms with Crippen molar-refractivity contribution in [3.8, 4) is 5.75 Å². The van der Waals surface area contributed by atoms with Gasteiger partial charge in [-0.3, -0.25) is 4.90 Å². The van der Waals surface area contributed by atoms with Gasteiger partial charge in [-0.15, -0.1) is 0 Å². The molecular weight excluding hydrogens is 318 g/mol. The second kappa shape index (κ2) is 9.04. The Morgan fingerprint density at radius 3 is 2.88 bits per heavy atom. The molecule has 0 amide bonds. The predicted octanol–water partition coefficient (Wildman–Crippen LogP) is 3.01. The van der Waals surface area contributed by atoms with Gasteiger partial charge in [0.1, 0.15) is 24.2 Å². The fourth-order valence-electron chi connectivity index (χ4n) is 3.16. The van der Waals surface area contributed by atoms with Crippen LogP contribution in [0.25, 0.3) is 0 Å². The number of ether oxygens (including phenoxy) is 2. The van der Waals surface area contributed by atoms with Crippen LogP contribution < -0.4 is 4.74 Å². The lowest BCUT2D eigenvalue weighted by Gasteiger charge is -2.26. The van der Waals surface area contributed by atoms with Crippen LogP contribution >= 0.6 is 0 Å². The zero-order valence-corrected chi connectivity index (χ0v) is 14.8. The van der Waals surface area contributed by atoms with Gasteiger partial charge in [0.25, 0.3) is 0 Å². The molecule has 1 aromatic carbocycles. The minimum atomic E-state index is -0.573. The first-order chi connectivity index (χ1) is 12.2. The first-order valence-corrected chi connectivity index (χ1v) is 8.93. The Balaban J connectivity index is 1.53. The lowest BCUT2D eigenvalue weighted by molar-refractivity contribution is 0.0289. The van der Waals surface area contributed by atoms with Gasteiger partial charge < -0.3 is 19.0 Å². The molecule has 0 spiro atoms. The van der Waals surface area contributed by atoms with Crippen molar-refractivity contribution in [3.05, 3.63) is 54.0 Å². The molecule has 2 atom stereocenters. The molecule has 0 aliphatic carbocycles. The summed E-state index contributed by atoms with van der Waals surface area (Å²) in [5.41, 5.74) is 1.07. The van der Waals surface area contributed by atoms with Crippen molar-refractivity contribution in [2.24, 2.45) is 0 Å². The summed E-state index contributed by atoms with van der Waals surface area (Å²) in [5, 5.41) is 10.4. The average molecular weight is 345 g/mol. The summed E-state index contributed by atoms with van der Waals surface area (Å²) in [7, 11) is 0. The van der Waals surface area contributed by atoms with Gasteiger partial charge in [0.2, 0.25) is 0 Å². The summed E-state index contributed by atoms with van der Waals surface area (Å²) >= 11 is 0. The van der Waals surface area contributed by atoms with E-state index in [1.54, 1.807) is 6.26 Å². The molecule has 1 saturated heterocycles. The molecule has 2 unspecified atom stereocenters. The van der Waals surface area contributed by atoms with Crippen molar-refractivity contribution in [1.29, 1.82) is 0 Å². The third-order valence-corrected chi connectivity index (χ3v) is 4.44. The van der Waals surface area contributed by atoms with E-state index in [-0.39, 0.29) is 12.7 Å². The number of hydrogen-bond acceptors (Lipinski definition) is 5. The molecule has 25 heavy (non-hydrogen) atoms. The van der Waals surface area contributed by atoms with E-state index >= 15 is 0 Å². The second-order valence-electron chi connectivity index (χ2n) is 6.64. The van der Waals surface area contributed by atoms with Crippen molar-refractivity contribution in [1.82, 2.24) is 4.90 Å². The van der Waals surface area contributed by atoms with E-state index in [0.29, 0.717) is 13.1 Å². The fourth-order valence-corrected chi connectivity index (χ4v) is 3.16. The zero-order valence-electron chi connectivity index (χ0n) is 14.8. The van der Waals surface area contributed by atoms with Crippen molar-refractivity contribution < 1.29 is 19.0 Å². The minimum Gasteiger partial charge on any atom is -0.491 e. The molecule has 1 aliphatic heterocycles. The number of aryl methyl sites for hydroxylation is 1.